The Labute approximate surface area is 117 Å². The van der Waals surface area contributed by atoms with Gasteiger partial charge >= 0.3 is 0 Å². The first-order valence-corrected chi connectivity index (χ1v) is 6.58. The van der Waals surface area contributed by atoms with Gasteiger partial charge in [0.2, 0.25) is 5.91 Å². The van der Waals surface area contributed by atoms with Crippen LogP contribution in [0.25, 0.3) is 0 Å². The fourth-order valence-electron chi connectivity index (χ4n) is 2.26. The summed E-state index contributed by atoms with van der Waals surface area (Å²) < 4.78 is 5.39. The Bertz CT molecular complexity index is 499. The second kappa shape index (κ2) is 6.38. The number of nitrogens with one attached hydrogen (secondary N) is 1. The minimum Gasteiger partial charge on any atom is -0.409 e. The van der Waals surface area contributed by atoms with E-state index < -0.39 is 0 Å². The topological polar surface area (TPSA) is 96.9 Å². The van der Waals surface area contributed by atoms with Gasteiger partial charge in [-0.1, -0.05) is 17.3 Å². The molecule has 1 aliphatic rings. The average Bonchev–Trinajstić information content (AvgIpc) is 2.87. The van der Waals surface area contributed by atoms with E-state index in [9.17, 15) is 4.79 Å². The molecule has 0 radical (unpaired) electrons. The van der Waals surface area contributed by atoms with Gasteiger partial charge in [-0.25, -0.2) is 0 Å². The first-order valence-electron chi connectivity index (χ1n) is 6.58. The van der Waals surface area contributed by atoms with Crippen LogP contribution in [0.15, 0.2) is 29.4 Å². The Balaban J connectivity index is 1.95. The van der Waals surface area contributed by atoms with Crippen LogP contribution < -0.4 is 11.1 Å². The summed E-state index contributed by atoms with van der Waals surface area (Å²) in [5, 5.41) is 14.3. The van der Waals surface area contributed by atoms with E-state index in [4.69, 9.17) is 15.7 Å². The first kappa shape index (κ1) is 14.3. The van der Waals surface area contributed by atoms with Gasteiger partial charge < -0.3 is 21.0 Å². The molecule has 1 saturated heterocycles. The highest BCUT2D eigenvalue weighted by Crippen LogP contribution is 2.22. The predicted molar refractivity (Wildman–Crippen MR) is 75.7 cm³/mol. The molecule has 0 bridgehead atoms. The molecular formula is C14H19N3O3. The van der Waals surface area contributed by atoms with Crippen molar-refractivity contribution in [1.29, 1.82) is 0 Å². The van der Waals surface area contributed by atoms with E-state index in [1.54, 1.807) is 12.1 Å². The molecule has 4 N–H and O–H groups in total. The van der Waals surface area contributed by atoms with E-state index in [0.29, 0.717) is 13.0 Å². The van der Waals surface area contributed by atoms with Crippen LogP contribution in [0.5, 0.6) is 0 Å². The molecular weight excluding hydrogens is 258 g/mol. The van der Waals surface area contributed by atoms with Gasteiger partial charge in [-0.2, -0.15) is 0 Å². The van der Waals surface area contributed by atoms with Gasteiger partial charge in [-0.15, -0.1) is 0 Å². The number of hydrogen-bond donors (Lipinski definition) is 3. The third kappa shape index (κ3) is 3.48. The third-order valence-electron chi connectivity index (χ3n) is 3.45. The molecule has 2 unspecified atom stereocenters. The molecule has 1 heterocycles. The number of nitrogens with two attached hydrogens (primary N) is 1. The summed E-state index contributed by atoms with van der Waals surface area (Å²) >= 11 is 0. The molecule has 1 fully saturated rings. The SMILES string of the molecule is CC1OCCC1C(=O)Nc1ccc(CC(N)=NO)cc1. The van der Waals surface area contributed by atoms with Crippen molar-refractivity contribution in [2.24, 2.45) is 16.8 Å². The van der Waals surface area contributed by atoms with Crippen molar-refractivity contribution in [3.05, 3.63) is 29.8 Å². The number of rotatable bonds is 4. The lowest BCUT2D eigenvalue weighted by Gasteiger charge is -2.14. The molecule has 0 saturated carbocycles. The summed E-state index contributed by atoms with van der Waals surface area (Å²) in [5.74, 6) is 0.0461. The zero-order chi connectivity index (χ0) is 14.5. The van der Waals surface area contributed by atoms with E-state index in [-0.39, 0.29) is 23.8 Å². The Kier molecular flexibility index (Phi) is 4.57. The van der Waals surface area contributed by atoms with Crippen molar-refractivity contribution < 1.29 is 14.7 Å². The van der Waals surface area contributed by atoms with E-state index in [1.165, 1.54) is 0 Å². The molecule has 0 spiro atoms. The van der Waals surface area contributed by atoms with Gasteiger partial charge in [0.05, 0.1) is 12.0 Å². The Hall–Kier alpha value is -2.08. The van der Waals surface area contributed by atoms with Crippen molar-refractivity contribution in [3.63, 3.8) is 0 Å². The van der Waals surface area contributed by atoms with Crippen LogP contribution in [0.3, 0.4) is 0 Å². The zero-order valence-corrected chi connectivity index (χ0v) is 11.4. The lowest BCUT2D eigenvalue weighted by atomic mass is 10.0. The summed E-state index contributed by atoms with van der Waals surface area (Å²) in [5.41, 5.74) is 7.08. The Morgan fingerprint density at radius 1 is 1.50 bits per heavy atom. The van der Waals surface area contributed by atoms with Gasteiger partial charge in [-0.05, 0) is 31.0 Å². The summed E-state index contributed by atoms with van der Waals surface area (Å²) in [4.78, 5) is 12.1. The summed E-state index contributed by atoms with van der Waals surface area (Å²) in [6.45, 7) is 2.55. The lowest BCUT2D eigenvalue weighted by molar-refractivity contribution is -0.121. The Morgan fingerprint density at radius 3 is 2.75 bits per heavy atom. The molecule has 2 atom stereocenters. The van der Waals surface area contributed by atoms with Crippen LogP contribution in [0.4, 0.5) is 5.69 Å². The molecule has 1 amide bonds. The van der Waals surface area contributed by atoms with Gasteiger partial charge in [0.15, 0.2) is 0 Å². The van der Waals surface area contributed by atoms with Gasteiger partial charge in [0.25, 0.3) is 0 Å². The van der Waals surface area contributed by atoms with Crippen LogP contribution >= 0.6 is 0 Å². The van der Waals surface area contributed by atoms with Crippen LogP contribution in [0.1, 0.15) is 18.9 Å². The number of amides is 1. The second-order valence-electron chi connectivity index (χ2n) is 4.93. The Morgan fingerprint density at radius 2 is 2.20 bits per heavy atom. The van der Waals surface area contributed by atoms with E-state index in [1.807, 2.05) is 19.1 Å². The zero-order valence-electron chi connectivity index (χ0n) is 11.4. The fraction of sp³-hybridized carbons (Fsp3) is 0.429. The minimum atomic E-state index is -0.0909. The molecule has 1 aromatic rings. The average molecular weight is 277 g/mol. The molecule has 6 heteroatoms. The maximum absolute atomic E-state index is 12.1. The molecule has 6 nitrogen and oxygen atoms in total. The number of anilines is 1. The van der Waals surface area contributed by atoms with Crippen LogP contribution in [-0.2, 0) is 16.0 Å². The maximum Gasteiger partial charge on any atom is 0.230 e. The third-order valence-corrected chi connectivity index (χ3v) is 3.45. The predicted octanol–water partition coefficient (Wildman–Crippen LogP) is 1.34. The number of hydrogen-bond acceptors (Lipinski definition) is 4. The number of oxime groups is 1. The molecule has 0 aromatic heterocycles. The minimum absolute atomic E-state index is 0.0146. The smallest absolute Gasteiger partial charge is 0.230 e. The number of carbonyl (C=O) groups is 1. The van der Waals surface area contributed by atoms with Crippen molar-refractivity contribution in [2.75, 3.05) is 11.9 Å². The van der Waals surface area contributed by atoms with Gasteiger partial charge in [-0.3, -0.25) is 4.79 Å². The molecule has 108 valence electrons. The van der Waals surface area contributed by atoms with E-state index in [2.05, 4.69) is 10.5 Å². The molecule has 20 heavy (non-hydrogen) atoms. The van der Waals surface area contributed by atoms with Crippen molar-refractivity contribution in [1.82, 2.24) is 0 Å². The summed E-state index contributed by atoms with van der Waals surface area (Å²) in [7, 11) is 0. The number of amidine groups is 1. The maximum atomic E-state index is 12.1. The molecule has 1 aromatic carbocycles. The summed E-state index contributed by atoms with van der Waals surface area (Å²) in [6.07, 6.45) is 1.10. The molecule has 1 aliphatic heterocycles. The van der Waals surface area contributed by atoms with Crippen molar-refractivity contribution in [2.45, 2.75) is 25.9 Å². The van der Waals surface area contributed by atoms with Crippen molar-refractivity contribution >= 4 is 17.4 Å². The van der Waals surface area contributed by atoms with Crippen LogP contribution in [0, 0.1) is 5.92 Å². The quantitative estimate of drug-likeness (QED) is 0.335. The largest absolute Gasteiger partial charge is 0.409 e. The first-order chi connectivity index (χ1) is 9.60. The lowest BCUT2D eigenvalue weighted by Crippen LogP contribution is -2.27. The number of nitrogens with zero attached hydrogens (tertiary/aromatic N) is 1. The van der Waals surface area contributed by atoms with Crippen LogP contribution in [-0.4, -0.2) is 29.7 Å². The number of benzene rings is 1. The van der Waals surface area contributed by atoms with Gasteiger partial charge in [0.1, 0.15) is 5.84 Å². The highest BCUT2D eigenvalue weighted by atomic mass is 16.5. The highest BCUT2D eigenvalue weighted by Gasteiger charge is 2.30. The van der Waals surface area contributed by atoms with Crippen LogP contribution in [0.2, 0.25) is 0 Å². The number of carbonyl (C=O) groups excluding carboxylic acids is 1. The second-order valence-corrected chi connectivity index (χ2v) is 4.93. The van der Waals surface area contributed by atoms with Crippen molar-refractivity contribution in [3.8, 4) is 0 Å². The fourth-order valence-corrected chi connectivity index (χ4v) is 2.26. The van der Waals surface area contributed by atoms with E-state index in [0.717, 1.165) is 17.7 Å². The standard InChI is InChI=1S/C14H19N3O3/c1-9-12(6-7-20-9)14(18)16-11-4-2-10(3-5-11)8-13(15)17-19/h2-5,9,12,19H,6-8H2,1H3,(H2,15,17)(H,16,18). The molecule has 2 rings (SSSR count). The highest BCUT2D eigenvalue weighted by molar-refractivity contribution is 5.93. The molecule has 0 aliphatic carbocycles. The summed E-state index contributed by atoms with van der Waals surface area (Å²) in [6, 6.07) is 7.28. The number of ether oxygens (including phenoxy) is 1. The normalized spacial score (nSPS) is 22.8. The monoisotopic (exact) mass is 277 g/mol. The van der Waals surface area contributed by atoms with Gasteiger partial charge in [0, 0.05) is 18.7 Å². The van der Waals surface area contributed by atoms with E-state index >= 15 is 0 Å².